The zero-order valence-electron chi connectivity index (χ0n) is 11.9. The molecule has 6 heteroatoms. The molecule has 0 aromatic carbocycles. The van der Waals surface area contributed by atoms with E-state index in [0.717, 1.165) is 25.7 Å². The molecular formula is C14H22F2N4. The van der Waals surface area contributed by atoms with Gasteiger partial charge in [0.2, 0.25) is 0 Å². The van der Waals surface area contributed by atoms with Crippen molar-refractivity contribution in [2.45, 2.75) is 69.9 Å². The molecule has 2 heterocycles. The van der Waals surface area contributed by atoms with Gasteiger partial charge in [0.1, 0.15) is 5.82 Å². The van der Waals surface area contributed by atoms with Crippen molar-refractivity contribution < 1.29 is 8.78 Å². The van der Waals surface area contributed by atoms with Crippen molar-refractivity contribution in [3.8, 4) is 0 Å². The summed E-state index contributed by atoms with van der Waals surface area (Å²) in [6, 6.07) is -0.0762. The molecule has 1 saturated carbocycles. The summed E-state index contributed by atoms with van der Waals surface area (Å²) in [6.45, 7) is 1.66. The van der Waals surface area contributed by atoms with E-state index in [1.807, 2.05) is 4.90 Å². The predicted octanol–water partition coefficient (Wildman–Crippen LogP) is 3.22. The summed E-state index contributed by atoms with van der Waals surface area (Å²) in [5, 5.41) is 6.90. The SMILES string of the molecule is Cc1nc([C@@H]2CC(F)(F)CN2C2CCCCCC2)n[nH]1. The van der Waals surface area contributed by atoms with Crippen LogP contribution < -0.4 is 0 Å². The molecule has 0 bridgehead atoms. The Labute approximate surface area is 118 Å². The highest BCUT2D eigenvalue weighted by Gasteiger charge is 2.49. The Morgan fingerprint density at radius 2 is 1.90 bits per heavy atom. The smallest absolute Gasteiger partial charge is 0.262 e. The molecule has 1 saturated heterocycles. The van der Waals surface area contributed by atoms with Crippen LogP contribution in [0.25, 0.3) is 0 Å². The maximum Gasteiger partial charge on any atom is 0.262 e. The number of H-pyrrole nitrogens is 1. The number of alkyl halides is 2. The Hall–Kier alpha value is -1.04. The molecule has 0 spiro atoms. The van der Waals surface area contributed by atoms with Gasteiger partial charge in [0.05, 0.1) is 12.6 Å². The third kappa shape index (κ3) is 2.85. The topological polar surface area (TPSA) is 44.8 Å². The van der Waals surface area contributed by atoms with Crippen molar-refractivity contribution in [3.63, 3.8) is 0 Å². The summed E-state index contributed by atoms with van der Waals surface area (Å²) < 4.78 is 27.8. The maximum atomic E-state index is 13.9. The number of aromatic nitrogens is 3. The van der Waals surface area contributed by atoms with E-state index in [-0.39, 0.29) is 25.0 Å². The van der Waals surface area contributed by atoms with Gasteiger partial charge in [0.15, 0.2) is 5.82 Å². The first-order valence-electron chi connectivity index (χ1n) is 7.58. The van der Waals surface area contributed by atoms with Gasteiger partial charge in [0.25, 0.3) is 5.92 Å². The number of aryl methyl sites for hydroxylation is 1. The van der Waals surface area contributed by atoms with E-state index < -0.39 is 5.92 Å². The molecule has 1 aliphatic carbocycles. The van der Waals surface area contributed by atoms with E-state index in [2.05, 4.69) is 15.2 Å². The Morgan fingerprint density at radius 1 is 1.20 bits per heavy atom. The van der Waals surface area contributed by atoms with Crippen molar-refractivity contribution in [3.05, 3.63) is 11.6 Å². The van der Waals surface area contributed by atoms with Gasteiger partial charge in [-0.15, -0.1) is 0 Å². The van der Waals surface area contributed by atoms with E-state index >= 15 is 0 Å². The fourth-order valence-electron chi connectivity index (χ4n) is 3.56. The molecule has 3 rings (SSSR count). The zero-order chi connectivity index (χ0) is 14.2. The molecule has 112 valence electrons. The molecule has 0 amide bonds. The van der Waals surface area contributed by atoms with Crippen LogP contribution in [-0.4, -0.2) is 38.6 Å². The van der Waals surface area contributed by atoms with Crippen LogP contribution >= 0.6 is 0 Å². The van der Waals surface area contributed by atoms with Crippen LogP contribution in [0.15, 0.2) is 0 Å². The minimum Gasteiger partial charge on any atom is -0.284 e. The molecule has 1 N–H and O–H groups in total. The number of nitrogens with one attached hydrogen (secondary N) is 1. The van der Waals surface area contributed by atoms with Gasteiger partial charge in [-0.05, 0) is 19.8 Å². The van der Waals surface area contributed by atoms with Gasteiger partial charge in [-0.3, -0.25) is 10.00 Å². The number of aromatic amines is 1. The van der Waals surface area contributed by atoms with E-state index in [9.17, 15) is 8.78 Å². The van der Waals surface area contributed by atoms with Crippen LogP contribution in [0.2, 0.25) is 0 Å². The van der Waals surface area contributed by atoms with Gasteiger partial charge in [-0.1, -0.05) is 25.7 Å². The summed E-state index contributed by atoms with van der Waals surface area (Å²) in [7, 11) is 0. The Bertz CT molecular complexity index is 452. The second-order valence-electron chi connectivity index (χ2n) is 6.17. The highest BCUT2D eigenvalue weighted by molar-refractivity contribution is 5.05. The summed E-state index contributed by atoms with van der Waals surface area (Å²) in [4.78, 5) is 6.25. The van der Waals surface area contributed by atoms with Crippen molar-refractivity contribution in [1.29, 1.82) is 0 Å². The number of hydrogen-bond acceptors (Lipinski definition) is 3. The monoisotopic (exact) mass is 284 g/mol. The van der Waals surface area contributed by atoms with Crippen LogP contribution in [0.5, 0.6) is 0 Å². The first-order valence-corrected chi connectivity index (χ1v) is 7.58. The van der Waals surface area contributed by atoms with Crippen LogP contribution in [-0.2, 0) is 0 Å². The molecule has 4 nitrogen and oxygen atoms in total. The number of rotatable bonds is 2. The second-order valence-corrected chi connectivity index (χ2v) is 6.17. The first-order chi connectivity index (χ1) is 9.55. The van der Waals surface area contributed by atoms with Gasteiger partial charge in [0, 0.05) is 12.5 Å². The number of hydrogen-bond donors (Lipinski definition) is 1. The Morgan fingerprint density at radius 3 is 2.50 bits per heavy atom. The normalized spacial score (nSPS) is 28.6. The molecule has 0 unspecified atom stereocenters. The Kier molecular flexibility index (Phi) is 3.75. The largest absolute Gasteiger partial charge is 0.284 e. The minimum atomic E-state index is -2.62. The van der Waals surface area contributed by atoms with Crippen LogP contribution in [0.3, 0.4) is 0 Å². The molecule has 2 aliphatic rings. The van der Waals surface area contributed by atoms with Crippen molar-refractivity contribution in [2.24, 2.45) is 0 Å². The minimum absolute atomic E-state index is 0.143. The number of likely N-dealkylation sites (tertiary alicyclic amines) is 1. The lowest BCUT2D eigenvalue weighted by molar-refractivity contribution is 0.00677. The summed E-state index contributed by atoms with van der Waals surface area (Å²) >= 11 is 0. The summed E-state index contributed by atoms with van der Waals surface area (Å²) in [5.74, 6) is -1.40. The van der Waals surface area contributed by atoms with Gasteiger partial charge in [-0.2, -0.15) is 5.10 Å². The van der Waals surface area contributed by atoms with Crippen molar-refractivity contribution in [2.75, 3.05) is 6.54 Å². The van der Waals surface area contributed by atoms with Gasteiger partial charge >= 0.3 is 0 Å². The molecule has 1 aliphatic heterocycles. The molecule has 1 aromatic rings. The van der Waals surface area contributed by atoms with E-state index in [1.54, 1.807) is 6.92 Å². The zero-order valence-corrected chi connectivity index (χ0v) is 11.9. The van der Waals surface area contributed by atoms with E-state index in [4.69, 9.17) is 0 Å². The first kappa shape index (κ1) is 13.9. The highest BCUT2D eigenvalue weighted by Crippen LogP contribution is 2.43. The van der Waals surface area contributed by atoms with Crippen molar-refractivity contribution >= 4 is 0 Å². The Balaban J connectivity index is 1.82. The van der Waals surface area contributed by atoms with Crippen molar-refractivity contribution in [1.82, 2.24) is 20.1 Å². The van der Waals surface area contributed by atoms with Gasteiger partial charge in [-0.25, -0.2) is 13.8 Å². The lowest BCUT2D eigenvalue weighted by atomic mass is 10.1. The second kappa shape index (κ2) is 5.39. The number of nitrogens with zero attached hydrogens (tertiary/aromatic N) is 3. The molecule has 20 heavy (non-hydrogen) atoms. The lowest BCUT2D eigenvalue weighted by Crippen LogP contribution is -2.36. The predicted molar refractivity (Wildman–Crippen MR) is 71.6 cm³/mol. The van der Waals surface area contributed by atoms with E-state index in [1.165, 1.54) is 12.8 Å². The highest BCUT2D eigenvalue weighted by atomic mass is 19.3. The summed E-state index contributed by atoms with van der Waals surface area (Å²) in [6.07, 6.45) is 6.64. The third-order valence-electron chi connectivity index (χ3n) is 4.51. The van der Waals surface area contributed by atoms with E-state index in [0.29, 0.717) is 11.6 Å². The fraction of sp³-hybridized carbons (Fsp3) is 0.857. The molecule has 1 atom stereocenters. The standard InChI is InChI=1S/C14H22F2N4/c1-10-17-13(19-18-10)12-8-14(15,16)9-20(12)11-6-4-2-3-5-7-11/h11-12H,2-9H2,1H3,(H,17,18,19)/t12-/m0/s1. The summed E-state index contributed by atoms with van der Waals surface area (Å²) in [5.41, 5.74) is 0. The van der Waals surface area contributed by atoms with Crippen LogP contribution in [0.1, 0.15) is 62.6 Å². The lowest BCUT2D eigenvalue weighted by Gasteiger charge is -2.30. The third-order valence-corrected chi connectivity index (χ3v) is 4.51. The van der Waals surface area contributed by atoms with Crippen LogP contribution in [0, 0.1) is 6.92 Å². The average molecular weight is 284 g/mol. The molecule has 1 aromatic heterocycles. The average Bonchev–Trinajstić information content (AvgIpc) is 2.83. The fourth-order valence-corrected chi connectivity index (χ4v) is 3.56. The molecule has 0 radical (unpaired) electrons. The quantitative estimate of drug-likeness (QED) is 0.848. The number of halogens is 2. The molecule has 2 fully saturated rings. The maximum absolute atomic E-state index is 13.9. The van der Waals surface area contributed by atoms with Crippen LogP contribution in [0.4, 0.5) is 8.78 Å². The molecular weight excluding hydrogens is 262 g/mol. The van der Waals surface area contributed by atoms with Gasteiger partial charge < -0.3 is 0 Å².